The van der Waals surface area contributed by atoms with Crippen molar-refractivity contribution in [3.63, 3.8) is 0 Å². The fraction of sp³-hybridized carbons (Fsp3) is 0.633. The van der Waals surface area contributed by atoms with Gasteiger partial charge in [0.05, 0.1) is 6.61 Å². The van der Waals surface area contributed by atoms with Crippen molar-refractivity contribution in [1.82, 2.24) is 0 Å². The molecule has 0 spiro atoms. The van der Waals surface area contributed by atoms with Gasteiger partial charge in [-0.25, -0.2) is 4.57 Å². The second-order valence-corrected chi connectivity index (χ2v) is 16.9. The summed E-state index contributed by atoms with van der Waals surface area (Å²) in [6.07, 6.45) is 37.5. The van der Waals surface area contributed by atoms with Crippen LogP contribution in [0.15, 0.2) is 97.2 Å². The Labute approximate surface area is 377 Å². The zero-order chi connectivity index (χ0) is 46.4. The number of aliphatic hydroxyl groups excluding tert-OH is 5. The fourth-order valence-corrected chi connectivity index (χ4v) is 7.17. The molecule has 1 rings (SSSR count). The van der Waals surface area contributed by atoms with E-state index in [0.717, 1.165) is 83.5 Å². The highest BCUT2D eigenvalue weighted by molar-refractivity contribution is 7.47. The van der Waals surface area contributed by atoms with Crippen LogP contribution in [0.25, 0.3) is 0 Å². The number of hydrogen-bond acceptors (Lipinski definition) is 12. The van der Waals surface area contributed by atoms with Crippen LogP contribution in [0.1, 0.15) is 142 Å². The van der Waals surface area contributed by atoms with Crippen LogP contribution in [0.3, 0.4) is 0 Å². The molecule has 0 heterocycles. The summed E-state index contributed by atoms with van der Waals surface area (Å²) in [7, 11) is -5.14. The summed E-state index contributed by atoms with van der Waals surface area (Å²) < 4.78 is 33.4. The topological polar surface area (TPSA) is 210 Å². The maximum atomic E-state index is 12.8. The zero-order valence-electron chi connectivity index (χ0n) is 37.8. The molecule has 63 heavy (non-hydrogen) atoms. The number of aliphatic hydroxyl groups is 5. The van der Waals surface area contributed by atoms with Crippen molar-refractivity contribution in [2.24, 2.45) is 0 Å². The molecule has 0 bridgehead atoms. The lowest BCUT2D eigenvalue weighted by Crippen LogP contribution is -2.64. The summed E-state index contributed by atoms with van der Waals surface area (Å²) in [6, 6.07) is 0. The number of phosphoric ester groups is 1. The first-order valence-electron chi connectivity index (χ1n) is 23.0. The van der Waals surface area contributed by atoms with Crippen LogP contribution < -0.4 is 0 Å². The van der Waals surface area contributed by atoms with Crippen molar-refractivity contribution in [2.75, 3.05) is 13.2 Å². The molecule has 1 aliphatic carbocycles. The molecule has 0 saturated heterocycles. The molecule has 0 radical (unpaired) electrons. The number of esters is 2. The molecular weight excluding hydrogens is 828 g/mol. The highest BCUT2D eigenvalue weighted by atomic mass is 31.2. The summed E-state index contributed by atoms with van der Waals surface area (Å²) in [4.78, 5) is 35.7. The van der Waals surface area contributed by atoms with E-state index in [4.69, 9.17) is 18.5 Å². The Balaban J connectivity index is 2.53. The fourth-order valence-electron chi connectivity index (χ4n) is 6.20. The minimum absolute atomic E-state index is 0.0431. The minimum Gasteiger partial charge on any atom is -0.462 e. The van der Waals surface area contributed by atoms with E-state index >= 15 is 0 Å². The summed E-state index contributed by atoms with van der Waals surface area (Å²) in [5, 5.41) is 50.1. The molecule has 0 amide bonds. The van der Waals surface area contributed by atoms with Gasteiger partial charge in [-0.05, 0) is 96.3 Å². The van der Waals surface area contributed by atoms with Crippen molar-refractivity contribution in [3.05, 3.63) is 97.2 Å². The van der Waals surface area contributed by atoms with E-state index in [2.05, 4.69) is 111 Å². The van der Waals surface area contributed by atoms with Crippen LogP contribution in [-0.4, -0.2) is 98.3 Å². The second-order valence-electron chi connectivity index (χ2n) is 15.5. The van der Waals surface area contributed by atoms with Crippen LogP contribution in [0.2, 0.25) is 0 Å². The van der Waals surface area contributed by atoms with Crippen LogP contribution in [0.5, 0.6) is 0 Å². The molecule has 6 N–H and O–H groups in total. The molecule has 358 valence electrons. The lowest BCUT2D eigenvalue weighted by atomic mass is 9.85. The minimum atomic E-state index is -5.14. The van der Waals surface area contributed by atoms with E-state index in [1.165, 1.54) is 19.3 Å². The van der Waals surface area contributed by atoms with Gasteiger partial charge in [-0.1, -0.05) is 130 Å². The molecule has 0 aromatic heterocycles. The van der Waals surface area contributed by atoms with Crippen molar-refractivity contribution in [1.29, 1.82) is 0 Å². The number of hydrogen-bond donors (Lipinski definition) is 6. The second kappa shape index (κ2) is 38.1. The zero-order valence-corrected chi connectivity index (χ0v) is 38.7. The van der Waals surface area contributed by atoms with E-state index in [9.17, 15) is 44.6 Å². The maximum Gasteiger partial charge on any atom is 0.472 e. The molecular formula is C49H79O13P. The van der Waals surface area contributed by atoms with Crippen LogP contribution in [-0.2, 0) is 32.7 Å². The lowest BCUT2D eigenvalue weighted by molar-refractivity contribution is -0.220. The predicted molar refractivity (Wildman–Crippen MR) is 248 cm³/mol. The van der Waals surface area contributed by atoms with Gasteiger partial charge < -0.3 is 39.9 Å². The number of carbonyl (C=O) groups is 2. The summed E-state index contributed by atoms with van der Waals surface area (Å²) in [6.45, 7) is 3.08. The largest absolute Gasteiger partial charge is 0.472 e. The van der Waals surface area contributed by atoms with Crippen molar-refractivity contribution in [2.45, 2.75) is 185 Å². The number of carbonyl (C=O) groups excluding carboxylic acids is 2. The first kappa shape index (κ1) is 57.8. The smallest absolute Gasteiger partial charge is 0.462 e. The average molecular weight is 907 g/mol. The van der Waals surface area contributed by atoms with E-state index in [1.807, 2.05) is 0 Å². The first-order chi connectivity index (χ1) is 30.4. The van der Waals surface area contributed by atoms with Gasteiger partial charge in [-0.15, -0.1) is 0 Å². The van der Waals surface area contributed by atoms with Gasteiger partial charge >= 0.3 is 19.8 Å². The van der Waals surface area contributed by atoms with Crippen LogP contribution in [0, 0.1) is 0 Å². The number of rotatable bonds is 36. The summed E-state index contributed by atoms with van der Waals surface area (Å²) in [5.74, 6) is -1.19. The third kappa shape index (κ3) is 30.5. The molecule has 0 aromatic rings. The quantitative estimate of drug-likeness (QED) is 0.0150. The molecule has 6 unspecified atom stereocenters. The first-order valence-corrected chi connectivity index (χ1v) is 24.5. The Morgan fingerprint density at radius 3 is 1.38 bits per heavy atom. The van der Waals surface area contributed by atoms with Gasteiger partial charge in [-0.2, -0.15) is 0 Å². The molecule has 8 atom stereocenters. The van der Waals surface area contributed by atoms with E-state index in [1.54, 1.807) is 0 Å². The third-order valence-corrected chi connectivity index (χ3v) is 10.9. The Morgan fingerprint density at radius 2 is 0.905 bits per heavy atom. The predicted octanol–water partition coefficient (Wildman–Crippen LogP) is 9.05. The molecule has 14 heteroatoms. The number of phosphoric acid groups is 1. The van der Waals surface area contributed by atoms with E-state index < -0.39 is 75.7 Å². The average Bonchev–Trinajstić information content (AvgIpc) is 3.26. The summed E-state index contributed by atoms with van der Waals surface area (Å²) in [5.41, 5.74) is 0. The van der Waals surface area contributed by atoms with Gasteiger partial charge in [0, 0.05) is 12.8 Å². The number of ether oxygens (including phenoxy) is 2. The monoisotopic (exact) mass is 907 g/mol. The Hall–Kier alpha value is -3.23. The van der Waals surface area contributed by atoms with Gasteiger partial charge in [0.25, 0.3) is 0 Å². The maximum absolute atomic E-state index is 12.8. The van der Waals surface area contributed by atoms with Crippen LogP contribution in [0.4, 0.5) is 0 Å². The molecule has 0 aromatic carbocycles. The van der Waals surface area contributed by atoms with Gasteiger partial charge in [0.2, 0.25) is 0 Å². The Bertz CT molecular complexity index is 1470. The normalized spacial score (nSPS) is 22.6. The number of unbranched alkanes of at least 4 members (excludes halogenated alkanes) is 8. The summed E-state index contributed by atoms with van der Waals surface area (Å²) >= 11 is 0. The van der Waals surface area contributed by atoms with Crippen molar-refractivity contribution >= 4 is 19.8 Å². The molecule has 1 saturated carbocycles. The number of allylic oxidation sites excluding steroid dienone is 16. The van der Waals surface area contributed by atoms with E-state index in [-0.39, 0.29) is 12.8 Å². The van der Waals surface area contributed by atoms with E-state index in [0.29, 0.717) is 12.8 Å². The Morgan fingerprint density at radius 1 is 0.508 bits per heavy atom. The third-order valence-electron chi connectivity index (χ3n) is 9.91. The van der Waals surface area contributed by atoms with Crippen molar-refractivity contribution in [3.8, 4) is 0 Å². The van der Waals surface area contributed by atoms with Gasteiger partial charge in [0.15, 0.2) is 6.10 Å². The molecule has 13 nitrogen and oxygen atoms in total. The van der Waals surface area contributed by atoms with Gasteiger partial charge in [0.1, 0.15) is 43.2 Å². The van der Waals surface area contributed by atoms with Crippen molar-refractivity contribution < 1.29 is 63.1 Å². The molecule has 0 aliphatic heterocycles. The highest BCUT2D eigenvalue weighted by Crippen LogP contribution is 2.47. The molecule has 1 fully saturated rings. The highest BCUT2D eigenvalue weighted by Gasteiger charge is 2.51. The lowest BCUT2D eigenvalue weighted by Gasteiger charge is -2.41. The van der Waals surface area contributed by atoms with Crippen LogP contribution >= 0.6 is 7.82 Å². The van der Waals surface area contributed by atoms with Gasteiger partial charge in [-0.3, -0.25) is 18.6 Å². The SMILES string of the molecule is CC/C=C/C/C=C/C/C=C/C/C=C/C/C=C/CCCCCC(=O)O[C@H](COC(=O)CCCC/C=C/C/C=C/C/C=C/CCCCC)COP(=O)(O)OC1C(O)C(O)C(O)[C@@H](O)C1O. The standard InChI is InChI=1S/C49H79O13P/c1-3-5-7-9-11-13-15-17-19-20-21-22-24-26-28-30-32-34-36-38-43(51)61-41(40-60-63(57,58)62-49-47(55)45(53)44(52)46(54)48(49)56)39-59-42(50)37-35-33-31-29-27-25-23-18-16-14-12-10-8-6-4-2/h5,7,11-14,17-19,21-23,26-29,41,44-49,52-56H,3-4,6,8-10,15-16,20,24-25,30-40H2,1-2H3,(H,57,58)/b7-5+,13-11+,14-12+,19-17+,22-21+,23-18+,28-26+,29-27+/t41-,44?,45-,46?,47?,48?,49?/m1/s1. The Kier molecular flexibility index (Phi) is 34.9. The molecule has 1 aliphatic rings.